The van der Waals surface area contributed by atoms with Crippen molar-refractivity contribution >= 4 is 11.8 Å². The maximum atomic E-state index is 11.4. The lowest BCUT2D eigenvalue weighted by Gasteiger charge is -2.10. The smallest absolute Gasteiger partial charge is 0.236 e. The minimum Gasteiger partial charge on any atom is -0.355 e. The molecule has 0 heterocycles. The summed E-state index contributed by atoms with van der Waals surface area (Å²) in [6, 6.07) is -0.00430. The summed E-state index contributed by atoms with van der Waals surface area (Å²) in [7, 11) is 0. The third-order valence-electron chi connectivity index (χ3n) is 2.76. The zero-order valence-electron chi connectivity index (χ0n) is 10.5. The third kappa shape index (κ3) is 6.26. The summed E-state index contributed by atoms with van der Waals surface area (Å²) < 4.78 is 0. The molecule has 0 aromatic rings. The zero-order valence-corrected chi connectivity index (χ0v) is 10.5. The molecule has 17 heavy (non-hydrogen) atoms. The fraction of sp³-hybridized carbons (Fsp3) is 0.833. The van der Waals surface area contributed by atoms with E-state index in [1.165, 1.54) is 0 Å². The summed E-state index contributed by atoms with van der Waals surface area (Å²) >= 11 is 0. The van der Waals surface area contributed by atoms with Crippen LogP contribution in [0.25, 0.3) is 0 Å². The molecule has 1 atom stereocenters. The van der Waals surface area contributed by atoms with Crippen molar-refractivity contribution < 1.29 is 9.59 Å². The highest BCUT2D eigenvalue weighted by Crippen LogP contribution is 2.18. The first-order chi connectivity index (χ1) is 8.13. The average molecular weight is 241 g/mol. The second-order valence-electron chi connectivity index (χ2n) is 4.63. The van der Waals surface area contributed by atoms with E-state index in [0.717, 1.165) is 19.3 Å². The fourth-order valence-electron chi connectivity index (χ4n) is 1.56. The van der Waals surface area contributed by atoms with Crippen LogP contribution in [0.2, 0.25) is 0 Å². The predicted octanol–water partition coefficient (Wildman–Crippen LogP) is 0.289. The van der Waals surface area contributed by atoms with Crippen molar-refractivity contribution in [2.45, 2.75) is 57.5 Å². The van der Waals surface area contributed by atoms with Gasteiger partial charge in [0.1, 0.15) is 0 Å². The fourth-order valence-corrected chi connectivity index (χ4v) is 1.56. The van der Waals surface area contributed by atoms with Crippen molar-refractivity contribution in [1.82, 2.24) is 10.6 Å². The number of carbonyl (C=O) groups excluding carboxylic acids is 2. The first kappa shape index (κ1) is 14.0. The minimum atomic E-state index is -0.416. The first-order valence-electron chi connectivity index (χ1n) is 6.46. The van der Waals surface area contributed by atoms with Crippen LogP contribution in [0.4, 0.5) is 0 Å². The van der Waals surface area contributed by atoms with Crippen LogP contribution in [-0.2, 0) is 9.59 Å². The quantitative estimate of drug-likeness (QED) is 0.534. The number of nitrogens with two attached hydrogens (primary N) is 1. The summed E-state index contributed by atoms with van der Waals surface area (Å²) in [5, 5.41) is 5.66. The van der Waals surface area contributed by atoms with Gasteiger partial charge < -0.3 is 16.4 Å². The van der Waals surface area contributed by atoms with Crippen LogP contribution in [0, 0.1) is 0 Å². The summed E-state index contributed by atoms with van der Waals surface area (Å²) in [5.74, 6) is -0.0333. The van der Waals surface area contributed by atoms with Gasteiger partial charge in [-0.3, -0.25) is 9.59 Å². The van der Waals surface area contributed by atoms with Gasteiger partial charge in [0.25, 0.3) is 0 Å². The first-order valence-corrected chi connectivity index (χ1v) is 6.46. The van der Waals surface area contributed by atoms with E-state index in [1.807, 2.05) is 6.92 Å². The Morgan fingerprint density at radius 3 is 2.71 bits per heavy atom. The Kier molecular flexibility index (Phi) is 5.97. The van der Waals surface area contributed by atoms with Gasteiger partial charge in [0.15, 0.2) is 0 Å². The molecule has 0 bridgehead atoms. The number of nitrogens with one attached hydrogen (secondary N) is 2. The highest BCUT2D eigenvalue weighted by atomic mass is 16.2. The molecule has 0 radical (unpaired) electrons. The molecule has 1 unspecified atom stereocenters. The van der Waals surface area contributed by atoms with Gasteiger partial charge in [-0.2, -0.15) is 0 Å². The van der Waals surface area contributed by atoms with Gasteiger partial charge in [-0.05, 0) is 25.7 Å². The number of hydrogen-bond donors (Lipinski definition) is 3. The third-order valence-corrected chi connectivity index (χ3v) is 2.76. The molecule has 0 saturated heterocycles. The Hall–Kier alpha value is -1.10. The number of hydrogen-bond acceptors (Lipinski definition) is 3. The second kappa shape index (κ2) is 7.27. The van der Waals surface area contributed by atoms with Gasteiger partial charge in [-0.1, -0.05) is 13.3 Å². The monoisotopic (exact) mass is 241 g/mol. The molecular weight excluding hydrogens is 218 g/mol. The van der Waals surface area contributed by atoms with Crippen molar-refractivity contribution in [3.63, 3.8) is 0 Å². The molecular formula is C12H23N3O2. The predicted molar refractivity (Wildman–Crippen MR) is 66.3 cm³/mol. The Labute approximate surface area is 103 Å². The van der Waals surface area contributed by atoms with Gasteiger partial charge in [0.05, 0.1) is 6.04 Å². The SMILES string of the molecule is CCCC(N)C(=O)NCCCC(=O)NC1CC1. The van der Waals surface area contributed by atoms with E-state index in [-0.39, 0.29) is 11.8 Å². The molecule has 2 amide bonds. The van der Waals surface area contributed by atoms with E-state index in [2.05, 4.69) is 10.6 Å². The molecule has 1 aliphatic carbocycles. The summed E-state index contributed by atoms with van der Waals surface area (Å²) in [6.45, 7) is 2.52. The molecule has 0 aromatic heterocycles. The Bertz CT molecular complexity index is 264. The highest BCUT2D eigenvalue weighted by molar-refractivity contribution is 5.81. The number of amides is 2. The second-order valence-corrected chi connectivity index (χ2v) is 4.63. The van der Waals surface area contributed by atoms with E-state index < -0.39 is 6.04 Å². The van der Waals surface area contributed by atoms with Crippen LogP contribution in [0.5, 0.6) is 0 Å². The molecule has 0 aliphatic heterocycles. The van der Waals surface area contributed by atoms with Gasteiger partial charge in [0, 0.05) is 19.0 Å². The number of rotatable bonds is 8. The average Bonchev–Trinajstić information content (AvgIpc) is 3.08. The lowest BCUT2D eigenvalue weighted by molar-refractivity contribution is -0.123. The normalized spacial score (nSPS) is 16.4. The van der Waals surface area contributed by atoms with Crippen molar-refractivity contribution in [1.29, 1.82) is 0 Å². The maximum Gasteiger partial charge on any atom is 0.236 e. The van der Waals surface area contributed by atoms with Crippen molar-refractivity contribution in [2.24, 2.45) is 5.73 Å². The van der Waals surface area contributed by atoms with Crippen LogP contribution in [-0.4, -0.2) is 30.4 Å². The van der Waals surface area contributed by atoms with Crippen LogP contribution < -0.4 is 16.4 Å². The summed E-state index contributed by atoms with van der Waals surface area (Å²) in [6.07, 6.45) is 4.96. The molecule has 5 heteroatoms. The molecule has 5 nitrogen and oxygen atoms in total. The Morgan fingerprint density at radius 1 is 1.41 bits per heavy atom. The van der Waals surface area contributed by atoms with Gasteiger partial charge >= 0.3 is 0 Å². The molecule has 0 spiro atoms. The van der Waals surface area contributed by atoms with Gasteiger partial charge in [0.2, 0.25) is 11.8 Å². The molecule has 1 fully saturated rings. The maximum absolute atomic E-state index is 11.4. The summed E-state index contributed by atoms with van der Waals surface area (Å²) in [5.41, 5.74) is 5.65. The summed E-state index contributed by atoms with van der Waals surface area (Å²) in [4.78, 5) is 22.8. The highest BCUT2D eigenvalue weighted by Gasteiger charge is 2.22. The van der Waals surface area contributed by atoms with Crippen LogP contribution in [0.15, 0.2) is 0 Å². The zero-order chi connectivity index (χ0) is 12.7. The Balaban J connectivity index is 1.98. The van der Waals surface area contributed by atoms with Crippen molar-refractivity contribution in [3.8, 4) is 0 Å². The van der Waals surface area contributed by atoms with Crippen molar-refractivity contribution in [2.75, 3.05) is 6.54 Å². The topological polar surface area (TPSA) is 84.2 Å². The minimum absolute atomic E-state index is 0.0830. The molecule has 4 N–H and O–H groups in total. The lowest BCUT2D eigenvalue weighted by Crippen LogP contribution is -2.41. The molecule has 0 aromatic carbocycles. The standard InChI is InChI=1S/C12H23N3O2/c1-2-4-10(13)12(17)14-8-3-5-11(16)15-9-6-7-9/h9-10H,2-8,13H2,1H3,(H,14,17)(H,15,16). The van der Waals surface area contributed by atoms with Gasteiger partial charge in [-0.15, -0.1) is 0 Å². The van der Waals surface area contributed by atoms with E-state index >= 15 is 0 Å². The molecule has 98 valence electrons. The molecule has 1 aliphatic rings. The molecule has 1 rings (SSSR count). The van der Waals surface area contributed by atoms with E-state index in [0.29, 0.717) is 31.8 Å². The van der Waals surface area contributed by atoms with E-state index in [9.17, 15) is 9.59 Å². The van der Waals surface area contributed by atoms with Gasteiger partial charge in [-0.25, -0.2) is 0 Å². The van der Waals surface area contributed by atoms with Crippen molar-refractivity contribution in [3.05, 3.63) is 0 Å². The molecule has 1 saturated carbocycles. The van der Waals surface area contributed by atoms with E-state index in [4.69, 9.17) is 5.73 Å². The van der Waals surface area contributed by atoms with Crippen LogP contribution >= 0.6 is 0 Å². The van der Waals surface area contributed by atoms with Crippen LogP contribution in [0.1, 0.15) is 45.4 Å². The largest absolute Gasteiger partial charge is 0.355 e. The van der Waals surface area contributed by atoms with Crippen LogP contribution in [0.3, 0.4) is 0 Å². The number of carbonyl (C=O) groups is 2. The lowest BCUT2D eigenvalue weighted by atomic mass is 10.1. The van der Waals surface area contributed by atoms with E-state index in [1.54, 1.807) is 0 Å². The Morgan fingerprint density at radius 2 is 2.12 bits per heavy atom.